The van der Waals surface area contributed by atoms with Crippen molar-refractivity contribution in [2.24, 2.45) is 0 Å². The molecule has 0 saturated heterocycles. The molecule has 17 heavy (non-hydrogen) atoms. The van der Waals surface area contributed by atoms with Crippen molar-refractivity contribution in [3.63, 3.8) is 0 Å². The molecule has 1 amide bonds. The Morgan fingerprint density at radius 2 is 2.18 bits per heavy atom. The minimum atomic E-state index is -0.320. The Morgan fingerprint density at radius 1 is 1.35 bits per heavy atom. The van der Waals surface area contributed by atoms with Gasteiger partial charge in [0.1, 0.15) is 10.8 Å². The van der Waals surface area contributed by atoms with E-state index in [0.717, 1.165) is 0 Å². The number of hydrogen-bond donors (Lipinski definition) is 1. The molecule has 0 radical (unpaired) electrons. The van der Waals surface area contributed by atoms with Crippen molar-refractivity contribution in [3.8, 4) is 0 Å². The van der Waals surface area contributed by atoms with Gasteiger partial charge >= 0.3 is 0 Å². The average molecular weight is 313 g/mol. The molecule has 0 aliphatic carbocycles. The molecule has 0 fully saturated rings. The molecule has 0 unspecified atom stereocenters. The van der Waals surface area contributed by atoms with E-state index in [1.807, 2.05) is 0 Å². The molecule has 0 spiro atoms. The Balaban J connectivity index is 2.20. The highest BCUT2D eigenvalue weighted by molar-refractivity contribution is 9.10. The molecule has 1 N–H and O–H groups in total. The van der Waals surface area contributed by atoms with Crippen LogP contribution in [0.2, 0.25) is 5.15 Å². The summed E-state index contributed by atoms with van der Waals surface area (Å²) in [5, 5.41) is 2.99. The number of carbonyl (C=O) groups is 1. The van der Waals surface area contributed by atoms with E-state index in [2.05, 4.69) is 31.2 Å². The van der Waals surface area contributed by atoms with E-state index in [1.165, 1.54) is 0 Å². The van der Waals surface area contributed by atoms with Crippen LogP contribution < -0.4 is 5.32 Å². The molecule has 2 aromatic rings. The lowest BCUT2D eigenvalue weighted by Crippen LogP contribution is -2.13. The maximum absolute atomic E-state index is 11.8. The van der Waals surface area contributed by atoms with Crippen LogP contribution in [-0.2, 0) is 0 Å². The molecule has 0 aliphatic heterocycles. The lowest BCUT2D eigenvalue weighted by molar-refractivity contribution is 0.102. The second kappa shape index (κ2) is 5.25. The first-order valence-electron chi connectivity index (χ1n) is 4.70. The summed E-state index contributed by atoms with van der Waals surface area (Å²) in [7, 11) is 0. The minimum Gasteiger partial charge on any atom is -0.319 e. The van der Waals surface area contributed by atoms with E-state index >= 15 is 0 Å². The number of pyridine rings is 2. The molecule has 86 valence electrons. The maximum Gasteiger partial charge on any atom is 0.274 e. The molecular weight excluding hydrogens is 305 g/mol. The van der Waals surface area contributed by atoms with Crippen LogP contribution in [0.1, 0.15) is 10.5 Å². The standard InChI is InChI=1S/C11H7BrClN3O/c12-7-6-14-5-4-8(7)16-11(17)9-2-1-3-10(13)15-9/h1-6H,(H,14,16,17). The van der Waals surface area contributed by atoms with Gasteiger partial charge in [0.2, 0.25) is 0 Å². The molecule has 0 saturated carbocycles. The fourth-order valence-electron chi connectivity index (χ4n) is 1.20. The number of carbonyl (C=O) groups excluding carboxylic acids is 1. The Hall–Kier alpha value is -1.46. The van der Waals surface area contributed by atoms with E-state index in [1.54, 1.807) is 36.7 Å². The largest absolute Gasteiger partial charge is 0.319 e. The second-order valence-electron chi connectivity index (χ2n) is 3.16. The highest BCUT2D eigenvalue weighted by atomic mass is 79.9. The normalized spacial score (nSPS) is 10.0. The number of amides is 1. The van der Waals surface area contributed by atoms with Crippen LogP contribution in [0.15, 0.2) is 41.1 Å². The molecule has 2 aromatic heterocycles. The SMILES string of the molecule is O=C(Nc1ccncc1Br)c1cccc(Cl)n1. The van der Waals surface area contributed by atoms with Gasteiger partial charge in [0.05, 0.1) is 10.2 Å². The molecular formula is C11H7BrClN3O. The highest BCUT2D eigenvalue weighted by Gasteiger charge is 2.09. The van der Waals surface area contributed by atoms with Crippen molar-refractivity contribution in [3.05, 3.63) is 52.0 Å². The lowest BCUT2D eigenvalue weighted by atomic mass is 10.3. The first-order chi connectivity index (χ1) is 8.16. The smallest absolute Gasteiger partial charge is 0.274 e. The summed E-state index contributed by atoms with van der Waals surface area (Å²) in [5.74, 6) is -0.320. The van der Waals surface area contributed by atoms with Crippen molar-refractivity contribution in [1.29, 1.82) is 0 Å². The summed E-state index contributed by atoms with van der Waals surface area (Å²) in [6.07, 6.45) is 3.19. The summed E-state index contributed by atoms with van der Waals surface area (Å²) in [5.41, 5.74) is 0.896. The average Bonchev–Trinajstić information content (AvgIpc) is 2.32. The van der Waals surface area contributed by atoms with Crippen molar-refractivity contribution in [1.82, 2.24) is 9.97 Å². The number of rotatable bonds is 2. The number of anilines is 1. The van der Waals surface area contributed by atoms with Gasteiger partial charge in [-0.2, -0.15) is 0 Å². The van der Waals surface area contributed by atoms with Gasteiger partial charge in [-0.15, -0.1) is 0 Å². The summed E-state index contributed by atoms with van der Waals surface area (Å²) in [6.45, 7) is 0. The molecule has 6 heteroatoms. The van der Waals surface area contributed by atoms with Gasteiger partial charge in [0.25, 0.3) is 5.91 Å². The zero-order valence-corrected chi connectivity index (χ0v) is 10.9. The Bertz CT molecular complexity index is 562. The van der Waals surface area contributed by atoms with Gasteiger partial charge in [-0.3, -0.25) is 9.78 Å². The van der Waals surface area contributed by atoms with Crippen LogP contribution in [-0.4, -0.2) is 15.9 Å². The van der Waals surface area contributed by atoms with Crippen LogP contribution in [0, 0.1) is 0 Å². The van der Waals surface area contributed by atoms with Gasteiger partial charge in [-0.05, 0) is 34.1 Å². The fraction of sp³-hybridized carbons (Fsp3) is 0. The van der Waals surface area contributed by atoms with E-state index in [9.17, 15) is 4.79 Å². The van der Waals surface area contributed by atoms with Gasteiger partial charge in [0, 0.05) is 12.4 Å². The maximum atomic E-state index is 11.8. The first-order valence-corrected chi connectivity index (χ1v) is 5.87. The summed E-state index contributed by atoms with van der Waals surface area (Å²) in [4.78, 5) is 19.7. The lowest BCUT2D eigenvalue weighted by Gasteiger charge is -2.06. The second-order valence-corrected chi connectivity index (χ2v) is 4.40. The fourth-order valence-corrected chi connectivity index (χ4v) is 1.71. The van der Waals surface area contributed by atoms with Gasteiger partial charge in [0.15, 0.2) is 0 Å². The molecule has 0 aliphatic rings. The number of hydrogen-bond acceptors (Lipinski definition) is 3. The van der Waals surface area contributed by atoms with E-state index in [-0.39, 0.29) is 16.8 Å². The predicted molar refractivity (Wildman–Crippen MR) is 69.1 cm³/mol. The first kappa shape index (κ1) is 12.0. The van der Waals surface area contributed by atoms with Gasteiger partial charge in [-0.25, -0.2) is 4.98 Å². The Morgan fingerprint density at radius 3 is 2.88 bits per heavy atom. The molecule has 0 bridgehead atoms. The molecule has 4 nitrogen and oxygen atoms in total. The van der Waals surface area contributed by atoms with Crippen molar-refractivity contribution in [2.45, 2.75) is 0 Å². The van der Waals surface area contributed by atoms with E-state index < -0.39 is 0 Å². The van der Waals surface area contributed by atoms with Crippen LogP contribution in [0.5, 0.6) is 0 Å². The summed E-state index contributed by atoms with van der Waals surface area (Å²) < 4.78 is 0.704. The van der Waals surface area contributed by atoms with E-state index in [0.29, 0.717) is 10.2 Å². The molecule has 2 rings (SSSR count). The Labute approximate surface area is 111 Å². The van der Waals surface area contributed by atoms with E-state index in [4.69, 9.17) is 11.6 Å². The van der Waals surface area contributed by atoms with Crippen molar-refractivity contribution in [2.75, 3.05) is 5.32 Å². The number of nitrogens with zero attached hydrogens (tertiary/aromatic N) is 2. The van der Waals surface area contributed by atoms with Crippen molar-refractivity contribution < 1.29 is 4.79 Å². The van der Waals surface area contributed by atoms with Crippen molar-refractivity contribution >= 4 is 39.1 Å². The minimum absolute atomic E-state index is 0.265. The third-order valence-corrected chi connectivity index (χ3v) is 2.81. The molecule has 0 aromatic carbocycles. The van der Waals surface area contributed by atoms with Crippen LogP contribution in [0.4, 0.5) is 5.69 Å². The molecule has 0 atom stereocenters. The third-order valence-electron chi connectivity index (χ3n) is 1.97. The number of nitrogens with one attached hydrogen (secondary N) is 1. The number of aromatic nitrogens is 2. The highest BCUT2D eigenvalue weighted by Crippen LogP contribution is 2.20. The zero-order valence-electron chi connectivity index (χ0n) is 8.52. The van der Waals surface area contributed by atoms with Gasteiger partial charge < -0.3 is 5.32 Å². The monoisotopic (exact) mass is 311 g/mol. The Kier molecular flexibility index (Phi) is 3.71. The summed E-state index contributed by atoms with van der Waals surface area (Å²) >= 11 is 9.00. The predicted octanol–water partition coefficient (Wildman–Crippen LogP) is 3.14. The number of halogens is 2. The van der Waals surface area contributed by atoms with Gasteiger partial charge in [-0.1, -0.05) is 17.7 Å². The summed E-state index contributed by atoms with van der Waals surface area (Å²) in [6, 6.07) is 6.56. The zero-order chi connectivity index (χ0) is 12.3. The molecule has 2 heterocycles. The van der Waals surface area contributed by atoms with Crippen LogP contribution >= 0.6 is 27.5 Å². The third kappa shape index (κ3) is 3.01. The topological polar surface area (TPSA) is 54.9 Å². The quantitative estimate of drug-likeness (QED) is 0.867. The van der Waals surface area contributed by atoms with Crippen LogP contribution in [0.3, 0.4) is 0 Å². The van der Waals surface area contributed by atoms with Crippen LogP contribution in [0.25, 0.3) is 0 Å².